The topological polar surface area (TPSA) is 53.9 Å². The zero-order valence-corrected chi connectivity index (χ0v) is 16.5. The van der Waals surface area contributed by atoms with Gasteiger partial charge in [-0.25, -0.2) is 9.97 Å². The predicted octanol–water partition coefficient (Wildman–Crippen LogP) is 4.17. The largest absolute Gasteiger partial charge is 0.370 e. The summed E-state index contributed by atoms with van der Waals surface area (Å²) < 4.78 is 0. The maximum atomic E-state index is 4.56. The first-order valence-corrected chi connectivity index (χ1v) is 9.96. The molecule has 2 atom stereocenters. The normalized spacial score (nSPS) is 19.6. The highest BCUT2D eigenvalue weighted by Gasteiger charge is 2.28. The van der Waals surface area contributed by atoms with E-state index in [4.69, 9.17) is 0 Å². The molecule has 0 bridgehead atoms. The molecule has 3 aromatic rings. The zero-order chi connectivity index (χ0) is 19.3. The molecule has 28 heavy (non-hydrogen) atoms. The summed E-state index contributed by atoms with van der Waals surface area (Å²) in [6, 6.07) is 19.2. The van der Waals surface area contributed by atoms with Gasteiger partial charge in [0.25, 0.3) is 0 Å². The van der Waals surface area contributed by atoms with Gasteiger partial charge in [-0.3, -0.25) is 9.88 Å². The third kappa shape index (κ3) is 4.54. The van der Waals surface area contributed by atoms with Gasteiger partial charge in [0.1, 0.15) is 11.6 Å². The van der Waals surface area contributed by atoms with Crippen LogP contribution in [0.3, 0.4) is 0 Å². The Morgan fingerprint density at radius 2 is 1.86 bits per heavy atom. The first-order chi connectivity index (χ1) is 13.7. The molecule has 3 heterocycles. The summed E-state index contributed by atoms with van der Waals surface area (Å²) in [6.07, 6.45) is 3.00. The van der Waals surface area contributed by atoms with Crippen LogP contribution in [0.15, 0.2) is 60.8 Å². The van der Waals surface area contributed by atoms with E-state index in [1.807, 2.05) is 31.2 Å². The molecule has 1 aliphatic heterocycles. The number of nitrogens with zero attached hydrogens (tertiary/aromatic N) is 4. The van der Waals surface area contributed by atoms with Gasteiger partial charge in [0.15, 0.2) is 0 Å². The standard InChI is InChI=1S/C23H27N5/c1-17-12-20(16-28(17)15-19-8-4-3-5-9-19)14-25-23-13-22(26-18(2)27-23)21-10-6-7-11-24-21/h3-11,13,17,20H,12,14-16H2,1-2H3,(H,25,26,27). The van der Waals surface area contributed by atoms with Crippen molar-refractivity contribution in [3.8, 4) is 11.4 Å². The van der Waals surface area contributed by atoms with Gasteiger partial charge in [0, 0.05) is 37.9 Å². The van der Waals surface area contributed by atoms with Crippen molar-refractivity contribution in [2.45, 2.75) is 32.9 Å². The van der Waals surface area contributed by atoms with Crippen molar-refractivity contribution in [1.82, 2.24) is 19.9 Å². The van der Waals surface area contributed by atoms with Crippen molar-refractivity contribution in [2.24, 2.45) is 5.92 Å². The summed E-state index contributed by atoms with van der Waals surface area (Å²) in [5.74, 6) is 2.26. The van der Waals surface area contributed by atoms with E-state index < -0.39 is 0 Å². The summed E-state index contributed by atoms with van der Waals surface area (Å²) in [5.41, 5.74) is 3.12. The number of rotatable bonds is 6. The third-order valence-electron chi connectivity index (χ3n) is 5.36. The number of benzene rings is 1. The van der Waals surface area contributed by atoms with E-state index >= 15 is 0 Å². The van der Waals surface area contributed by atoms with Crippen molar-refractivity contribution in [2.75, 3.05) is 18.4 Å². The van der Waals surface area contributed by atoms with Crippen LogP contribution in [0.5, 0.6) is 0 Å². The molecular formula is C23H27N5. The minimum atomic E-state index is 0.600. The molecule has 5 nitrogen and oxygen atoms in total. The maximum Gasteiger partial charge on any atom is 0.130 e. The number of aryl methyl sites for hydroxylation is 1. The van der Waals surface area contributed by atoms with Gasteiger partial charge in [-0.1, -0.05) is 36.4 Å². The molecule has 0 radical (unpaired) electrons. The van der Waals surface area contributed by atoms with E-state index in [1.165, 1.54) is 12.0 Å². The molecule has 2 aromatic heterocycles. The smallest absolute Gasteiger partial charge is 0.130 e. The summed E-state index contributed by atoms with van der Waals surface area (Å²) in [7, 11) is 0. The van der Waals surface area contributed by atoms with E-state index in [2.05, 4.69) is 62.4 Å². The number of hydrogen-bond donors (Lipinski definition) is 1. The van der Waals surface area contributed by atoms with Gasteiger partial charge in [0.05, 0.1) is 11.4 Å². The molecule has 1 fully saturated rings. The molecular weight excluding hydrogens is 346 g/mol. The van der Waals surface area contributed by atoms with Crippen LogP contribution >= 0.6 is 0 Å². The molecule has 0 amide bonds. The van der Waals surface area contributed by atoms with Crippen LogP contribution in [-0.2, 0) is 6.54 Å². The second-order valence-corrected chi connectivity index (χ2v) is 7.65. The minimum Gasteiger partial charge on any atom is -0.370 e. The van der Waals surface area contributed by atoms with Crippen LogP contribution < -0.4 is 5.32 Å². The van der Waals surface area contributed by atoms with Gasteiger partial charge in [-0.05, 0) is 43.9 Å². The van der Waals surface area contributed by atoms with Gasteiger partial charge in [0.2, 0.25) is 0 Å². The van der Waals surface area contributed by atoms with Crippen molar-refractivity contribution in [3.05, 3.63) is 72.2 Å². The van der Waals surface area contributed by atoms with E-state index in [0.29, 0.717) is 12.0 Å². The molecule has 1 saturated heterocycles. The molecule has 1 aromatic carbocycles. The van der Waals surface area contributed by atoms with Crippen LogP contribution in [-0.4, -0.2) is 39.0 Å². The summed E-state index contributed by atoms with van der Waals surface area (Å²) in [6.45, 7) is 7.32. The van der Waals surface area contributed by atoms with Crippen LogP contribution in [0.25, 0.3) is 11.4 Å². The molecule has 1 aliphatic rings. The average Bonchev–Trinajstić information content (AvgIpc) is 3.07. The Balaban J connectivity index is 1.38. The Morgan fingerprint density at radius 3 is 2.64 bits per heavy atom. The quantitative estimate of drug-likeness (QED) is 0.703. The van der Waals surface area contributed by atoms with Crippen LogP contribution in [0.2, 0.25) is 0 Å². The highest BCUT2D eigenvalue weighted by atomic mass is 15.2. The fourth-order valence-electron chi connectivity index (χ4n) is 3.96. The summed E-state index contributed by atoms with van der Waals surface area (Å²) >= 11 is 0. The van der Waals surface area contributed by atoms with Crippen molar-refractivity contribution < 1.29 is 0 Å². The molecule has 1 N–H and O–H groups in total. The highest BCUT2D eigenvalue weighted by Crippen LogP contribution is 2.25. The van der Waals surface area contributed by atoms with Crippen molar-refractivity contribution >= 4 is 5.82 Å². The predicted molar refractivity (Wildman–Crippen MR) is 113 cm³/mol. The lowest BCUT2D eigenvalue weighted by Crippen LogP contribution is -2.27. The summed E-state index contributed by atoms with van der Waals surface area (Å²) in [5, 5.41) is 3.54. The van der Waals surface area contributed by atoms with Gasteiger partial charge in [-0.15, -0.1) is 0 Å². The molecule has 0 aliphatic carbocycles. The minimum absolute atomic E-state index is 0.600. The molecule has 5 heteroatoms. The van der Waals surface area contributed by atoms with E-state index in [-0.39, 0.29) is 0 Å². The molecule has 4 rings (SSSR count). The number of pyridine rings is 1. The van der Waals surface area contributed by atoms with Crippen LogP contribution in [0.1, 0.15) is 24.7 Å². The van der Waals surface area contributed by atoms with Crippen LogP contribution in [0, 0.1) is 12.8 Å². The highest BCUT2D eigenvalue weighted by molar-refractivity contribution is 5.58. The maximum absolute atomic E-state index is 4.56. The van der Waals surface area contributed by atoms with E-state index in [9.17, 15) is 0 Å². The molecule has 0 saturated carbocycles. The lowest BCUT2D eigenvalue weighted by molar-refractivity contribution is 0.256. The SMILES string of the molecule is Cc1nc(NCC2CC(C)N(Cc3ccccc3)C2)cc(-c2ccccn2)n1. The Kier molecular flexibility index (Phi) is 5.63. The molecule has 144 valence electrons. The fourth-order valence-corrected chi connectivity index (χ4v) is 3.96. The number of nitrogens with one attached hydrogen (secondary N) is 1. The first-order valence-electron chi connectivity index (χ1n) is 9.96. The van der Waals surface area contributed by atoms with Gasteiger partial charge in [-0.2, -0.15) is 0 Å². The zero-order valence-electron chi connectivity index (χ0n) is 16.5. The average molecular weight is 374 g/mol. The fraction of sp³-hybridized carbons (Fsp3) is 0.348. The summed E-state index contributed by atoms with van der Waals surface area (Å²) in [4.78, 5) is 16.1. The second kappa shape index (κ2) is 8.48. The van der Waals surface area contributed by atoms with Crippen LogP contribution in [0.4, 0.5) is 5.82 Å². The van der Waals surface area contributed by atoms with E-state index in [1.54, 1.807) is 6.20 Å². The van der Waals surface area contributed by atoms with E-state index in [0.717, 1.165) is 42.7 Å². The Labute approximate surface area is 166 Å². The van der Waals surface area contributed by atoms with Crippen molar-refractivity contribution in [1.29, 1.82) is 0 Å². The second-order valence-electron chi connectivity index (χ2n) is 7.65. The van der Waals surface area contributed by atoms with Crippen molar-refractivity contribution in [3.63, 3.8) is 0 Å². The number of aromatic nitrogens is 3. The van der Waals surface area contributed by atoms with Gasteiger partial charge >= 0.3 is 0 Å². The Hall–Kier alpha value is -2.79. The Morgan fingerprint density at radius 1 is 1.04 bits per heavy atom. The molecule has 0 spiro atoms. The Bertz CT molecular complexity index is 897. The number of anilines is 1. The third-order valence-corrected chi connectivity index (χ3v) is 5.36. The monoisotopic (exact) mass is 373 g/mol. The van der Waals surface area contributed by atoms with Gasteiger partial charge < -0.3 is 5.32 Å². The lowest BCUT2D eigenvalue weighted by Gasteiger charge is -2.21. The lowest BCUT2D eigenvalue weighted by atomic mass is 10.1. The molecule has 2 unspecified atom stereocenters. The number of likely N-dealkylation sites (tertiary alicyclic amines) is 1. The first kappa shape index (κ1) is 18.6. The number of hydrogen-bond acceptors (Lipinski definition) is 5.